The maximum atomic E-state index is 11.2. The van der Waals surface area contributed by atoms with Crippen LogP contribution in [-0.4, -0.2) is 50.7 Å². The summed E-state index contributed by atoms with van der Waals surface area (Å²) in [5.41, 5.74) is 0. The molecule has 0 N–H and O–H groups in total. The first-order chi connectivity index (χ1) is 6.49. The van der Waals surface area contributed by atoms with Gasteiger partial charge in [-0.3, -0.25) is 14.5 Å². The SMILES string of the molecule is COC(=O)C(CCOC(C)=O)N(C)C. The van der Waals surface area contributed by atoms with Crippen molar-refractivity contribution in [1.29, 1.82) is 0 Å². The molecule has 14 heavy (non-hydrogen) atoms. The predicted octanol–water partition coefficient (Wildman–Crippen LogP) is 0.0428. The highest BCUT2D eigenvalue weighted by Crippen LogP contribution is 2.02. The van der Waals surface area contributed by atoms with Crippen molar-refractivity contribution in [3.8, 4) is 0 Å². The van der Waals surface area contributed by atoms with Crippen molar-refractivity contribution in [2.75, 3.05) is 27.8 Å². The molecule has 0 aliphatic rings. The summed E-state index contributed by atoms with van der Waals surface area (Å²) in [6.07, 6.45) is 0.444. The van der Waals surface area contributed by atoms with Crippen LogP contribution in [0.4, 0.5) is 0 Å². The number of carbonyl (C=O) groups excluding carboxylic acids is 2. The van der Waals surface area contributed by atoms with Crippen molar-refractivity contribution in [3.05, 3.63) is 0 Å². The van der Waals surface area contributed by atoms with Gasteiger partial charge in [-0.1, -0.05) is 0 Å². The molecule has 0 radical (unpaired) electrons. The van der Waals surface area contributed by atoms with E-state index < -0.39 is 0 Å². The second-order valence-electron chi connectivity index (χ2n) is 3.13. The largest absolute Gasteiger partial charge is 0.468 e. The van der Waals surface area contributed by atoms with Crippen molar-refractivity contribution in [3.63, 3.8) is 0 Å². The molecule has 0 amide bonds. The average molecular weight is 203 g/mol. The standard InChI is InChI=1S/C9H17NO4/c1-7(11)14-6-5-8(10(2)3)9(12)13-4/h8H,5-6H2,1-4H3. The van der Waals surface area contributed by atoms with E-state index >= 15 is 0 Å². The van der Waals surface area contributed by atoms with Crippen molar-refractivity contribution in [1.82, 2.24) is 4.90 Å². The number of carbonyl (C=O) groups is 2. The van der Waals surface area contributed by atoms with Gasteiger partial charge in [0.25, 0.3) is 0 Å². The molecule has 0 spiro atoms. The molecule has 0 aromatic rings. The van der Waals surface area contributed by atoms with E-state index in [-0.39, 0.29) is 24.6 Å². The summed E-state index contributed by atoms with van der Waals surface area (Å²) < 4.78 is 9.35. The molecule has 0 fully saturated rings. The van der Waals surface area contributed by atoms with Gasteiger partial charge in [-0.2, -0.15) is 0 Å². The second-order valence-corrected chi connectivity index (χ2v) is 3.13. The number of ether oxygens (including phenoxy) is 2. The van der Waals surface area contributed by atoms with E-state index in [4.69, 9.17) is 4.74 Å². The van der Waals surface area contributed by atoms with Crippen LogP contribution in [0.25, 0.3) is 0 Å². The summed E-state index contributed by atoms with van der Waals surface area (Å²) in [6, 6.07) is -0.362. The molecule has 5 heteroatoms. The number of rotatable bonds is 5. The van der Waals surface area contributed by atoms with Gasteiger partial charge < -0.3 is 9.47 Å². The summed E-state index contributed by atoms with van der Waals surface area (Å²) in [7, 11) is 4.88. The van der Waals surface area contributed by atoms with Gasteiger partial charge in [-0.25, -0.2) is 0 Å². The fraction of sp³-hybridized carbons (Fsp3) is 0.778. The lowest BCUT2D eigenvalue weighted by Gasteiger charge is -2.21. The minimum Gasteiger partial charge on any atom is -0.468 e. The van der Waals surface area contributed by atoms with E-state index in [0.29, 0.717) is 6.42 Å². The van der Waals surface area contributed by atoms with Crippen molar-refractivity contribution in [2.45, 2.75) is 19.4 Å². The van der Waals surface area contributed by atoms with Crippen molar-refractivity contribution in [2.24, 2.45) is 0 Å². The predicted molar refractivity (Wildman–Crippen MR) is 50.7 cm³/mol. The molecule has 0 aromatic carbocycles. The van der Waals surface area contributed by atoms with E-state index in [0.717, 1.165) is 0 Å². The van der Waals surface area contributed by atoms with E-state index in [9.17, 15) is 9.59 Å². The molecule has 0 rings (SSSR count). The van der Waals surface area contributed by atoms with Crippen LogP contribution < -0.4 is 0 Å². The molecular formula is C9H17NO4. The molecular weight excluding hydrogens is 186 g/mol. The molecule has 0 aromatic heterocycles. The molecule has 0 aliphatic heterocycles. The Morgan fingerprint density at radius 2 is 1.93 bits per heavy atom. The third-order valence-corrected chi connectivity index (χ3v) is 1.79. The Balaban J connectivity index is 3.98. The Morgan fingerprint density at radius 1 is 1.36 bits per heavy atom. The summed E-state index contributed by atoms with van der Waals surface area (Å²) in [5, 5.41) is 0. The first-order valence-electron chi connectivity index (χ1n) is 4.36. The van der Waals surface area contributed by atoms with Gasteiger partial charge in [-0.15, -0.1) is 0 Å². The Morgan fingerprint density at radius 3 is 2.29 bits per heavy atom. The Bertz CT molecular complexity index is 203. The fourth-order valence-corrected chi connectivity index (χ4v) is 1.04. The summed E-state index contributed by atoms with van der Waals surface area (Å²) in [5.74, 6) is -0.658. The molecule has 82 valence electrons. The van der Waals surface area contributed by atoms with Gasteiger partial charge in [0.15, 0.2) is 0 Å². The lowest BCUT2D eigenvalue weighted by atomic mass is 10.2. The van der Waals surface area contributed by atoms with Gasteiger partial charge in [0.1, 0.15) is 6.04 Å². The highest BCUT2D eigenvalue weighted by molar-refractivity contribution is 5.75. The van der Waals surface area contributed by atoms with Crippen LogP contribution in [0.5, 0.6) is 0 Å². The van der Waals surface area contributed by atoms with E-state index in [2.05, 4.69) is 4.74 Å². The number of esters is 2. The molecule has 0 bridgehead atoms. The molecule has 0 saturated carbocycles. The number of likely N-dealkylation sites (N-methyl/N-ethyl adjacent to an activating group) is 1. The Labute approximate surface area is 84.0 Å². The van der Waals surface area contributed by atoms with Crippen LogP contribution in [-0.2, 0) is 19.1 Å². The van der Waals surface area contributed by atoms with Gasteiger partial charge in [0.05, 0.1) is 13.7 Å². The minimum atomic E-state index is -0.362. The highest BCUT2D eigenvalue weighted by Gasteiger charge is 2.21. The third kappa shape index (κ3) is 4.81. The lowest BCUT2D eigenvalue weighted by molar-refractivity contribution is -0.149. The first kappa shape index (κ1) is 12.9. The topological polar surface area (TPSA) is 55.8 Å². The summed E-state index contributed by atoms with van der Waals surface area (Å²) >= 11 is 0. The normalized spacial score (nSPS) is 12.4. The van der Waals surface area contributed by atoms with Crippen molar-refractivity contribution < 1.29 is 19.1 Å². The zero-order valence-corrected chi connectivity index (χ0v) is 9.07. The maximum Gasteiger partial charge on any atom is 0.323 e. The van der Waals surface area contributed by atoms with Crippen LogP contribution in [0.1, 0.15) is 13.3 Å². The average Bonchev–Trinajstić information content (AvgIpc) is 2.10. The molecule has 1 unspecified atom stereocenters. The second kappa shape index (κ2) is 6.37. The third-order valence-electron chi connectivity index (χ3n) is 1.79. The molecule has 5 nitrogen and oxygen atoms in total. The van der Waals surface area contributed by atoms with E-state index in [1.54, 1.807) is 19.0 Å². The molecule has 0 aliphatic carbocycles. The van der Waals surface area contributed by atoms with Crippen LogP contribution in [0, 0.1) is 0 Å². The number of hydrogen-bond acceptors (Lipinski definition) is 5. The van der Waals surface area contributed by atoms with Gasteiger partial charge in [-0.05, 0) is 14.1 Å². The quantitative estimate of drug-likeness (QED) is 0.591. The Hall–Kier alpha value is -1.10. The molecule has 0 heterocycles. The van der Waals surface area contributed by atoms with Crippen molar-refractivity contribution >= 4 is 11.9 Å². The summed E-state index contributed by atoms with van der Waals surface area (Å²) in [6.45, 7) is 1.57. The van der Waals surface area contributed by atoms with E-state index in [1.165, 1.54) is 14.0 Å². The zero-order chi connectivity index (χ0) is 11.1. The number of hydrogen-bond donors (Lipinski definition) is 0. The van der Waals surface area contributed by atoms with Gasteiger partial charge in [0.2, 0.25) is 0 Å². The van der Waals surface area contributed by atoms with Crippen LogP contribution >= 0.6 is 0 Å². The molecule has 1 atom stereocenters. The smallest absolute Gasteiger partial charge is 0.323 e. The van der Waals surface area contributed by atoms with Crippen LogP contribution in [0.15, 0.2) is 0 Å². The molecule has 0 saturated heterocycles. The number of nitrogens with zero attached hydrogens (tertiary/aromatic N) is 1. The highest BCUT2D eigenvalue weighted by atomic mass is 16.5. The van der Waals surface area contributed by atoms with E-state index in [1.807, 2.05) is 0 Å². The zero-order valence-electron chi connectivity index (χ0n) is 9.07. The Kier molecular flexibility index (Phi) is 5.87. The van der Waals surface area contributed by atoms with Crippen LogP contribution in [0.2, 0.25) is 0 Å². The summed E-state index contributed by atoms with van der Waals surface area (Å²) in [4.78, 5) is 23.4. The lowest BCUT2D eigenvalue weighted by Crippen LogP contribution is -2.37. The number of methoxy groups -OCH3 is 1. The monoisotopic (exact) mass is 203 g/mol. The van der Waals surface area contributed by atoms with Gasteiger partial charge >= 0.3 is 11.9 Å². The first-order valence-corrected chi connectivity index (χ1v) is 4.36. The fourth-order valence-electron chi connectivity index (χ4n) is 1.04. The minimum absolute atomic E-state index is 0.229. The maximum absolute atomic E-state index is 11.2. The van der Waals surface area contributed by atoms with Crippen LogP contribution in [0.3, 0.4) is 0 Å². The van der Waals surface area contributed by atoms with Gasteiger partial charge in [0, 0.05) is 13.3 Å².